The van der Waals surface area contributed by atoms with Gasteiger partial charge >= 0.3 is 0 Å². The molecule has 0 amide bonds. The first kappa shape index (κ1) is 12.5. The lowest BCUT2D eigenvalue weighted by Crippen LogP contribution is -2.04. The van der Waals surface area contributed by atoms with Gasteiger partial charge in [-0.3, -0.25) is 0 Å². The van der Waals surface area contributed by atoms with E-state index < -0.39 is 6.10 Å². The van der Waals surface area contributed by atoms with Crippen LogP contribution >= 0.6 is 15.9 Å². The monoisotopic (exact) mass is 276 g/mol. The van der Waals surface area contributed by atoms with Crippen LogP contribution < -0.4 is 4.74 Å². The molecule has 0 fully saturated rings. The molecule has 1 aromatic rings. The number of aliphatic hydroxyl groups excluding tert-OH is 1. The van der Waals surface area contributed by atoms with E-state index in [1.165, 1.54) is 13.2 Å². The van der Waals surface area contributed by atoms with Crippen LogP contribution in [0, 0.1) is 5.82 Å². The average Bonchev–Trinajstić information content (AvgIpc) is 2.14. The van der Waals surface area contributed by atoms with Crippen molar-refractivity contribution in [2.24, 2.45) is 0 Å². The second-order valence-electron chi connectivity index (χ2n) is 3.46. The van der Waals surface area contributed by atoms with Crippen molar-refractivity contribution in [3.05, 3.63) is 28.0 Å². The van der Waals surface area contributed by atoms with Crippen LogP contribution in [0.3, 0.4) is 0 Å². The van der Waals surface area contributed by atoms with Gasteiger partial charge in [0.2, 0.25) is 0 Å². The molecule has 84 valence electrons. The lowest BCUT2D eigenvalue weighted by Gasteiger charge is -2.11. The summed E-state index contributed by atoms with van der Waals surface area (Å²) in [4.78, 5) is 0. The highest BCUT2D eigenvalue weighted by Gasteiger charge is 2.11. The number of aliphatic hydroxyl groups is 1. The van der Waals surface area contributed by atoms with Gasteiger partial charge in [0, 0.05) is 10.0 Å². The summed E-state index contributed by atoms with van der Waals surface area (Å²) in [7, 11) is 1.51. The first-order chi connectivity index (χ1) is 7.04. The van der Waals surface area contributed by atoms with Crippen LogP contribution in [0.25, 0.3) is 0 Å². The lowest BCUT2D eigenvalue weighted by molar-refractivity contribution is 0.184. The minimum absolute atomic E-state index is 0.304. The van der Waals surface area contributed by atoms with Gasteiger partial charge in [-0.05, 0) is 31.9 Å². The fourth-order valence-electron chi connectivity index (χ4n) is 1.36. The summed E-state index contributed by atoms with van der Waals surface area (Å²) >= 11 is 3.20. The molecule has 0 aromatic heterocycles. The fraction of sp³-hybridized carbons (Fsp3) is 0.455. The molecule has 0 aliphatic heterocycles. The maximum Gasteiger partial charge on any atom is 0.131 e. The second-order valence-corrected chi connectivity index (χ2v) is 4.37. The number of rotatable bonds is 4. The molecule has 0 bridgehead atoms. The van der Waals surface area contributed by atoms with Crippen molar-refractivity contribution in [2.75, 3.05) is 7.11 Å². The van der Waals surface area contributed by atoms with Crippen molar-refractivity contribution < 1.29 is 14.2 Å². The van der Waals surface area contributed by atoms with Gasteiger partial charge in [-0.2, -0.15) is 0 Å². The van der Waals surface area contributed by atoms with Gasteiger partial charge in [0.15, 0.2) is 0 Å². The van der Waals surface area contributed by atoms with Gasteiger partial charge in [0.05, 0.1) is 13.2 Å². The topological polar surface area (TPSA) is 29.5 Å². The molecule has 4 heteroatoms. The van der Waals surface area contributed by atoms with E-state index in [-0.39, 0.29) is 5.82 Å². The third kappa shape index (κ3) is 3.47. The van der Waals surface area contributed by atoms with Crippen LogP contribution in [0.5, 0.6) is 5.75 Å². The summed E-state index contributed by atoms with van der Waals surface area (Å²) in [5.41, 5.74) is 0.515. The predicted molar refractivity (Wildman–Crippen MR) is 60.7 cm³/mol. The summed E-state index contributed by atoms with van der Waals surface area (Å²) in [6.07, 6.45) is 0.562. The molecule has 0 aliphatic carbocycles. The quantitative estimate of drug-likeness (QED) is 0.917. The molecule has 1 rings (SSSR count). The third-order valence-electron chi connectivity index (χ3n) is 2.15. The van der Waals surface area contributed by atoms with Crippen molar-refractivity contribution in [3.8, 4) is 5.75 Å². The first-order valence-electron chi connectivity index (χ1n) is 4.74. The molecule has 0 unspecified atom stereocenters. The third-order valence-corrected chi connectivity index (χ3v) is 2.61. The number of benzene rings is 1. The van der Waals surface area contributed by atoms with E-state index in [1.807, 2.05) is 0 Å². The molecule has 1 atom stereocenters. The molecule has 15 heavy (non-hydrogen) atoms. The Hall–Kier alpha value is -0.610. The molecule has 0 spiro atoms. The Kier molecular flexibility index (Phi) is 4.54. The molecular formula is C11H14BrFO2. The maximum atomic E-state index is 13.6. The van der Waals surface area contributed by atoms with Crippen LogP contribution in [0.2, 0.25) is 0 Å². The van der Waals surface area contributed by atoms with Crippen molar-refractivity contribution in [1.29, 1.82) is 0 Å². The highest BCUT2D eigenvalue weighted by atomic mass is 79.9. The van der Waals surface area contributed by atoms with Crippen molar-refractivity contribution >= 4 is 15.9 Å². The van der Waals surface area contributed by atoms with Crippen molar-refractivity contribution in [2.45, 2.75) is 25.9 Å². The minimum atomic E-state index is -0.433. The van der Waals surface area contributed by atoms with Crippen LogP contribution in [0.1, 0.15) is 18.9 Å². The lowest BCUT2D eigenvalue weighted by atomic mass is 10.1. The molecule has 0 aliphatic rings. The fourth-order valence-corrected chi connectivity index (χ4v) is 1.77. The second kappa shape index (κ2) is 5.47. The SMILES string of the molecule is COc1cc(Br)cc(F)c1CC[C@H](C)O. The Morgan fingerprint density at radius 3 is 2.73 bits per heavy atom. The van der Waals surface area contributed by atoms with Crippen LogP contribution in [0.15, 0.2) is 16.6 Å². The number of hydrogen-bond acceptors (Lipinski definition) is 2. The van der Waals surface area contributed by atoms with E-state index >= 15 is 0 Å². The van der Waals surface area contributed by atoms with Crippen LogP contribution in [-0.2, 0) is 6.42 Å². The Labute approximate surface area is 97.2 Å². The van der Waals surface area contributed by atoms with E-state index in [1.54, 1.807) is 13.0 Å². The first-order valence-corrected chi connectivity index (χ1v) is 5.54. The Morgan fingerprint density at radius 1 is 1.53 bits per heavy atom. The van der Waals surface area contributed by atoms with Gasteiger partial charge in [-0.15, -0.1) is 0 Å². The van der Waals surface area contributed by atoms with Crippen molar-refractivity contribution in [1.82, 2.24) is 0 Å². The van der Waals surface area contributed by atoms with E-state index in [0.29, 0.717) is 28.6 Å². The standard InChI is InChI=1S/C11H14BrFO2/c1-7(14)3-4-9-10(13)5-8(12)6-11(9)15-2/h5-7,14H,3-4H2,1-2H3/t7-/m0/s1. The molecular weight excluding hydrogens is 263 g/mol. The average molecular weight is 277 g/mol. The number of methoxy groups -OCH3 is 1. The maximum absolute atomic E-state index is 13.6. The smallest absolute Gasteiger partial charge is 0.131 e. The molecule has 1 aromatic carbocycles. The number of halogens is 2. The zero-order valence-electron chi connectivity index (χ0n) is 8.76. The largest absolute Gasteiger partial charge is 0.496 e. The van der Waals surface area contributed by atoms with Gasteiger partial charge < -0.3 is 9.84 Å². The summed E-state index contributed by atoms with van der Waals surface area (Å²) in [6, 6.07) is 3.13. The summed E-state index contributed by atoms with van der Waals surface area (Å²) < 4.78 is 19.3. The van der Waals surface area contributed by atoms with E-state index in [0.717, 1.165) is 0 Å². The zero-order chi connectivity index (χ0) is 11.4. The molecule has 0 saturated carbocycles. The molecule has 2 nitrogen and oxygen atoms in total. The highest BCUT2D eigenvalue weighted by molar-refractivity contribution is 9.10. The molecule has 0 saturated heterocycles. The molecule has 1 N–H and O–H groups in total. The van der Waals surface area contributed by atoms with Gasteiger partial charge in [-0.1, -0.05) is 15.9 Å². The molecule has 0 radical (unpaired) electrons. The van der Waals surface area contributed by atoms with Crippen LogP contribution in [-0.4, -0.2) is 18.3 Å². The zero-order valence-corrected chi connectivity index (χ0v) is 10.3. The van der Waals surface area contributed by atoms with E-state index in [9.17, 15) is 4.39 Å². The van der Waals surface area contributed by atoms with Gasteiger partial charge in [0.1, 0.15) is 11.6 Å². The molecule has 0 heterocycles. The Balaban J connectivity index is 2.93. The Morgan fingerprint density at radius 2 is 2.20 bits per heavy atom. The summed E-state index contributed by atoms with van der Waals surface area (Å²) in [5.74, 6) is 0.212. The normalized spacial score (nSPS) is 12.6. The highest BCUT2D eigenvalue weighted by Crippen LogP contribution is 2.27. The van der Waals surface area contributed by atoms with Crippen LogP contribution in [0.4, 0.5) is 4.39 Å². The van der Waals surface area contributed by atoms with E-state index in [4.69, 9.17) is 9.84 Å². The number of hydrogen-bond donors (Lipinski definition) is 1. The van der Waals surface area contributed by atoms with Gasteiger partial charge in [0.25, 0.3) is 0 Å². The summed E-state index contributed by atoms with van der Waals surface area (Å²) in [6.45, 7) is 1.68. The minimum Gasteiger partial charge on any atom is -0.496 e. The predicted octanol–water partition coefficient (Wildman–Crippen LogP) is 2.91. The van der Waals surface area contributed by atoms with Crippen molar-refractivity contribution in [3.63, 3.8) is 0 Å². The van der Waals surface area contributed by atoms with E-state index in [2.05, 4.69) is 15.9 Å². The Bertz CT molecular complexity index is 340. The van der Waals surface area contributed by atoms with Gasteiger partial charge in [-0.25, -0.2) is 4.39 Å². The summed E-state index contributed by atoms with van der Waals surface area (Å²) in [5, 5.41) is 9.15. The number of ether oxygens (including phenoxy) is 1.